The van der Waals surface area contributed by atoms with Crippen LogP contribution in [0.15, 0.2) is 24.3 Å². The Morgan fingerprint density at radius 2 is 2.00 bits per heavy atom. The van der Waals surface area contributed by atoms with Gasteiger partial charge in [-0.3, -0.25) is 4.79 Å². The number of aliphatic carboxylic acids is 1. The SMILES string of the molecule is CC1CC(C(=O)O)CN(C(=O)NC(C)C2Oc3ccccc3C2C)C1. The van der Waals surface area contributed by atoms with Gasteiger partial charge in [-0.1, -0.05) is 32.0 Å². The van der Waals surface area contributed by atoms with Crippen molar-refractivity contribution in [3.8, 4) is 5.75 Å². The molecule has 1 saturated heterocycles. The average molecular weight is 346 g/mol. The van der Waals surface area contributed by atoms with E-state index >= 15 is 0 Å². The van der Waals surface area contributed by atoms with Gasteiger partial charge in [-0.05, 0) is 25.3 Å². The van der Waals surface area contributed by atoms with Gasteiger partial charge in [-0.15, -0.1) is 0 Å². The van der Waals surface area contributed by atoms with Crippen molar-refractivity contribution in [1.29, 1.82) is 0 Å². The number of amides is 2. The molecule has 0 bridgehead atoms. The fraction of sp³-hybridized carbons (Fsp3) is 0.579. The number of nitrogens with one attached hydrogen (secondary N) is 1. The molecule has 1 aromatic rings. The Morgan fingerprint density at radius 3 is 2.68 bits per heavy atom. The molecule has 25 heavy (non-hydrogen) atoms. The van der Waals surface area contributed by atoms with Crippen LogP contribution in [-0.2, 0) is 4.79 Å². The van der Waals surface area contributed by atoms with E-state index in [1.165, 1.54) is 0 Å². The highest BCUT2D eigenvalue weighted by atomic mass is 16.5. The van der Waals surface area contributed by atoms with Crippen LogP contribution in [-0.4, -0.2) is 47.2 Å². The summed E-state index contributed by atoms with van der Waals surface area (Å²) >= 11 is 0. The maximum absolute atomic E-state index is 12.6. The summed E-state index contributed by atoms with van der Waals surface area (Å²) in [6.07, 6.45) is 0.492. The molecule has 0 aliphatic carbocycles. The van der Waals surface area contributed by atoms with E-state index < -0.39 is 11.9 Å². The van der Waals surface area contributed by atoms with Crippen LogP contribution in [0, 0.1) is 11.8 Å². The van der Waals surface area contributed by atoms with Crippen molar-refractivity contribution < 1.29 is 19.4 Å². The summed E-state index contributed by atoms with van der Waals surface area (Å²) in [7, 11) is 0. The summed E-state index contributed by atoms with van der Waals surface area (Å²) in [4.78, 5) is 25.5. The minimum Gasteiger partial charge on any atom is -0.487 e. The van der Waals surface area contributed by atoms with Crippen LogP contribution in [0.5, 0.6) is 5.75 Å². The second kappa shape index (κ2) is 6.94. The number of benzene rings is 1. The van der Waals surface area contributed by atoms with Crippen molar-refractivity contribution in [2.45, 2.75) is 45.3 Å². The Labute approximate surface area is 148 Å². The monoisotopic (exact) mass is 346 g/mol. The Bertz CT molecular complexity index is 663. The van der Waals surface area contributed by atoms with Crippen LogP contribution in [0.4, 0.5) is 4.79 Å². The van der Waals surface area contributed by atoms with Gasteiger partial charge in [0.05, 0.1) is 12.0 Å². The lowest BCUT2D eigenvalue weighted by Gasteiger charge is -2.36. The van der Waals surface area contributed by atoms with Gasteiger partial charge in [-0.25, -0.2) is 4.79 Å². The van der Waals surface area contributed by atoms with E-state index in [-0.39, 0.29) is 36.6 Å². The molecule has 5 atom stereocenters. The Hall–Kier alpha value is -2.24. The number of hydrogen-bond donors (Lipinski definition) is 2. The second-order valence-electron chi connectivity index (χ2n) is 7.43. The standard InChI is InChI=1S/C19H26N2O4/c1-11-8-14(18(22)23)10-21(9-11)19(24)20-13(3)17-12(2)15-6-4-5-7-16(15)25-17/h4-7,11-14,17H,8-10H2,1-3H3,(H,20,24)(H,22,23). The highest BCUT2D eigenvalue weighted by Gasteiger charge is 2.37. The zero-order chi connectivity index (χ0) is 18.1. The Kier molecular flexibility index (Phi) is 4.88. The van der Waals surface area contributed by atoms with E-state index in [0.29, 0.717) is 13.0 Å². The largest absolute Gasteiger partial charge is 0.487 e. The molecular weight excluding hydrogens is 320 g/mol. The quantitative estimate of drug-likeness (QED) is 0.882. The number of carbonyl (C=O) groups is 2. The first-order valence-electron chi connectivity index (χ1n) is 8.90. The van der Waals surface area contributed by atoms with Crippen molar-refractivity contribution in [2.24, 2.45) is 11.8 Å². The molecule has 2 aliphatic rings. The number of ether oxygens (including phenoxy) is 1. The molecule has 0 spiro atoms. The number of hydrogen-bond acceptors (Lipinski definition) is 3. The maximum Gasteiger partial charge on any atom is 0.317 e. The molecule has 3 rings (SSSR count). The highest BCUT2D eigenvalue weighted by molar-refractivity contribution is 5.77. The number of carbonyl (C=O) groups excluding carboxylic acids is 1. The number of carboxylic acids is 1. The Morgan fingerprint density at radius 1 is 1.28 bits per heavy atom. The van der Waals surface area contributed by atoms with E-state index in [2.05, 4.69) is 18.3 Å². The maximum atomic E-state index is 12.6. The number of likely N-dealkylation sites (tertiary alicyclic amines) is 1. The minimum absolute atomic E-state index is 0.126. The molecule has 0 aromatic heterocycles. The topological polar surface area (TPSA) is 78.9 Å². The van der Waals surface area contributed by atoms with Crippen molar-refractivity contribution in [3.05, 3.63) is 29.8 Å². The van der Waals surface area contributed by atoms with Crippen LogP contribution in [0.25, 0.3) is 0 Å². The van der Waals surface area contributed by atoms with Crippen molar-refractivity contribution in [1.82, 2.24) is 10.2 Å². The second-order valence-corrected chi connectivity index (χ2v) is 7.43. The molecule has 2 amide bonds. The van der Waals surface area contributed by atoms with Crippen LogP contribution < -0.4 is 10.1 Å². The number of para-hydroxylation sites is 1. The third-order valence-electron chi connectivity index (χ3n) is 5.31. The average Bonchev–Trinajstić information content (AvgIpc) is 2.91. The first-order valence-corrected chi connectivity index (χ1v) is 8.90. The van der Waals surface area contributed by atoms with Gasteiger partial charge < -0.3 is 20.1 Å². The third-order valence-corrected chi connectivity index (χ3v) is 5.31. The zero-order valence-corrected chi connectivity index (χ0v) is 14.9. The Balaban J connectivity index is 1.62. The summed E-state index contributed by atoms with van der Waals surface area (Å²) < 4.78 is 6.02. The molecule has 1 aromatic carbocycles. The van der Waals surface area contributed by atoms with Gasteiger partial charge in [0, 0.05) is 24.6 Å². The summed E-state index contributed by atoms with van der Waals surface area (Å²) in [5, 5.41) is 12.3. The van der Waals surface area contributed by atoms with Crippen LogP contribution in [0.3, 0.4) is 0 Å². The van der Waals surface area contributed by atoms with Crippen LogP contribution in [0.2, 0.25) is 0 Å². The lowest BCUT2D eigenvalue weighted by Crippen LogP contribution is -2.54. The molecule has 6 nitrogen and oxygen atoms in total. The smallest absolute Gasteiger partial charge is 0.317 e. The summed E-state index contributed by atoms with van der Waals surface area (Å²) in [6.45, 7) is 6.87. The van der Waals surface area contributed by atoms with Crippen molar-refractivity contribution in [2.75, 3.05) is 13.1 Å². The summed E-state index contributed by atoms with van der Waals surface area (Å²) in [6, 6.07) is 7.55. The van der Waals surface area contributed by atoms with Gasteiger partial charge in [-0.2, -0.15) is 0 Å². The molecular formula is C19H26N2O4. The first kappa shape index (κ1) is 17.6. The predicted octanol–water partition coefficient (Wildman–Crippen LogP) is 2.69. The van der Waals surface area contributed by atoms with E-state index in [1.54, 1.807) is 4.90 Å². The van der Waals surface area contributed by atoms with Gasteiger partial charge in [0.25, 0.3) is 0 Å². The molecule has 136 valence electrons. The predicted molar refractivity (Wildman–Crippen MR) is 93.7 cm³/mol. The lowest BCUT2D eigenvalue weighted by molar-refractivity contribution is -0.143. The molecule has 6 heteroatoms. The molecule has 2 N–H and O–H groups in total. The third kappa shape index (κ3) is 3.57. The minimum atomic E-state index is -0.833. The number of nitrogens with zero attached hydrogens (tertiary/aromatic N) is 1. The normalized spacial score (nSPS) is 29.5. The molecule has 0 saturated carbocycles. The zero-order valence-electron chi connectivity index (χ0n) is 14.9. The number of urea groups is 1. The van der Waals surface area contributed by atoms with E-state index in [1.807, 2.05) is 32.0 Å². The lowest BCUT2D eigenvalue weighted by atomic mass is 9.90. The molecule has 0 radical (unpaired) electrons. The van der Waals surface area contributed by atoms with Gasteiger partial charge in [0.2, 0.25) is 0 Å². The summed E-state index contributed by atoms with van der Waals surface area (Å²) in [5.41, 5.74) is 1.16. The van der Waals surface area contributed by atoms with Crippen LogP contribution in [0.1, 0.15) is 38.7 Å². The van der Waals surface area contributed by atoms with Gasteiger partial charge >= 0.3 is 12.0 Å². The molecule has 2 aliphatic heterocycles. The molecule has 2 heterocycles. The van der Waals surface area contributed by atoms with E-state index in [4.69, 9.17) is 4.74 Å². The number of piperidine rings is 1. The summed E-state index contributed by atoms with van der Waals surface area (Å²) in [5.74, 6) is -0.0738. The first-order chi connectivity index (χ1) is 11.9. The highest BCUT2D eigenvalue weighted by Crippen LogP contribution is 2.38. The number of carboxylic acid groups (broad SMARTS) is 1. The fourth-order valence-electron chi connectivity index (χ4n) is 3.99. The van der Waals surface area contributed by atoms with Gasteiger partial charge in [0.1, 0.15) is 11.9 Å². The fourth-order valence-corrected chi connectivity index (χ4v) is 3.99. The van der Waals surface area contributed by atoms with Crippen molar-refractivity contribution in [3.63, 3.8) is 0 Å². The van der Waals surface area contributed by atoms with Gasteiger partial charge in [0.15, 0.2) is 0 Å². The molecule has 5 unspecified atom stereocenters. The van der Waals surface area contributed by atoms with Crippen molar-refractivity contribution >= 4 is 12.0 Å². The van der Waals surface area contributed by atoms with Crippen LogP contribution >= 0.6 is 0 Å². The molecule has 1 fully saturated rings. The van der Waals surface area contributed by atoms with E-state index in [9.17, 15) is 14.7 Å². The number of rotatable bonds is 3. The number of fused-ring (bicyclic) bond motifs is 1. The van der Waals surface area contributed by atoms with E-state index in [0.717, 1.165) is 11.3 Å².